The Balaban J connectivity index is 0.000000412. The molecule has 3 aliphatic heterocycles. The van der Waals surface area contributed by atoms with Crippen molar-refractivity contribution in [2.75, 3.05) is 39.8 Å². The molecule has 4 aromatic rings. The first-order valence-corrected chi connectivity index (χ1v) is 32.6. The first-order valence-electron chi connectivity index (χ1n) is 31.2. The van der Waals surface area contributed by atoms with Crippen LogP contribution in [0.3, 0.4) is 0 Å². The van der Waals surface area contributed by atoms with E-state index in [0.717, 1.165) is 33.0 Å². The van der Waals surface area contributed by atoms with E-state index in [1.165, 1.54) is 51.5 Å². The molecule has 7 rings (SSSR count). The molecule has 6 heterocycles. The molecule has 0 amide bonds. The van der Waals surface area contributed by atoms with Crippen molar-refractivity contribution < 1.29 is 103 Å². The Kier molecular flexibility index (Phi) is 31.0. The van der Waals surface area contributed by atoms with E-state index in [9.17, 15) is 70.3 Å². The number of halogens is 2. The van der Waals surface area contributed by atoms with Gasteiger partial charge in [0.05, 0.1) is 43.8 Å². The predicted octanol–water partition coefficient (Wildman–Crippen LogP) is 6.64. The van der Waals surface area contributed by atoms with Crippen LogP contribution < -0.4 is 33.7 Å². The van der Waals surface area contributed by atoms with E-state index in [1.807, 2.05) is 6.92 Å². The highest BCUT2D eigenvalue weighted by Gasteiger charge is 2.44. The standard InChI is InChI=1S/C29H40N2O12S.C22H33FN2O9.C12H17FN2O5.2CH4/c1-18-9-11-20(12-10-18)44(36,37)39-14-13-30-24(32)19(2)16-31(25(30)33)23-15-21(41-27(35)43-29(6,7)8)22(40-23)17-38-26(34)42-28(3,4)5;1-13-11-25(18(27)24(9-8-23)17(13)26)16-10-14(32-20(29)34-22(5,6)7)15(31-16)12-30-19(28)33-21(2,3)4;1-7-5-15(10-4-8(17)9(6-16)20-10)12(19)14(3-2-13)11(7)18;;/h9-12,16,21-23H,13-15,17H2,1-8H3;11,14-16H,8-10,12H2,1-7H3;5,8-10,16-17H,2-4,6H2,1H3;2*1H4/t21-,22+,23+;14-,15+,16+;8-,9+,10+;;/m000../s1/i;23-1;13-1;;. The number of aliphatic hydroxyl groups is 2. The molecule has 2 N–H and O–H groups in total. The van der Waals surface area contributed by atoms with Gasteiger partial charge >= 0.3 is 41.7 Å². The first kappa shape index (κ1) is 86.1. The number of hydrogen-bond donors (Lipinski definition) is 2. The summed E-state index contributed by atoms with van der Waals surface area (Å²) in [6.07, 6.45) is -8.29. The van der Waals surface area contributed by atoms with Crippen LogP contribution in [0.5, 0.6) is 0 Å². The van der Waals surface area contributed by atoms with E-state index < -0.39 is 173 Å². The average Bonchev–Trinajstić information content (AvgIpc) is 1.53. The van der Waals surface area contributed by atoms with Gasteiger partial charge in [0, 0.05) is 54.5 Å². The second kappa shape index (κ2) is 36.0. The second-order valence-corrected chi connectivity index (χ2v) is 28.6. The Morgan fingerprint density at radius 1 is 0.510 bits per heavy atom. The number of aromatic nitrogens is 6. The summed E-state index contributed by atoms with van der Waals surface area (Å²) in [6, 6.07) is 6.03. The lowest BCUT2D eigenvalue weighted by Gasteiger charge is -2.23. The number of nitrogens with zero attached hydrogens (tertiary/aromatic N) is 6. The number of carbonyl (C=O) groups is 4. The molecular weight excluding hydrogens is 1350 g/mol. The number of aliphatic hydroxyl groups excluding tert-OH is 2. The minimum atomic E-state index is -4.13. The molecule has 100 heavy (non-hydrogen) atoms. The van der Waals surface area contributed by atoms with Gasteiger partial charge in [0.2, 0.25) is 0 Å². The minimum absolute atomic E-state index is 0. The van der Waals surface area contributed by atoms with Crippen molar-refractivity contribution in [1.29, 1.82) is 0 Å². The lowest BCUT2D eigenvalue weighted by molar-refractivity contribution is -0.0831. The fourth-order valence-corrected chi connectivity index (χ4v) is 10.6. The number of aryl methyl sites for hydroxylation is 4. The van der Waals surface area contributed by atoms with Crippen LogP contribution in [0.1, 0.15) is 158 Å². The lowest BCUT2D eigenvalue weighted by atomic mass is 10.2. The highest BCUT2D eigenvalue weighted by atomic mass is 32.2. The largest absolute Gasteiger partial charge is 0.509 e. The molecule has 3 saturated heterocycles. The van der Waals surface area contributed by atoms with Crippen LogP contribution in [0.25, 0.3) is 0 Å². The Labute approximate surface area is 577 Å². The zero-order chi connectivity index (χ0) is 73.7. The van der Waals surface area contributed by atoms with E-state index in [1.54, 1.807) is 95.2 Å². The molecule has 32 nitrogen and oxygen atoms in total. The SMILES string of the molecule is C.C.Cc1ccc(S(=O)(=O)OCCn2c(=O)c(C)cn([C@H]3C[C@H](OC(=O)OC(C)(C)C)[C@@H](COC(=O)OC(C)(C)C)O3)c2=O)cc1.Cc1cn([C@H]2C[C@H](O)[C@@H](CO)O2)c(=O)n(CC[18F])c1=O.Cc1cn([C@H]2C[C@H](OC(=O)OC(C)(C)C)[C@@H](COC(=O)OC(C)(C)C)O2)c(=O)n(CC[18F])c1=O. The summed E-state index contributed by atoms with van der Waals surface area (Å²) < 4.78 is 120. The van der Waals surface area contributed by atoms with Crippen molar-refractivity contribution in [2.24, 2.45) is 0 Å². The summed E-state index contributed by atoms with van der Waals surface area (Å²) in [5.41, 5.74) is -5.82. The number of carbonyl (C=O) groups excluding carboxylic acids is 4. The normalized spacial score (nSPS) is 20.6. The van der Waals surface area contributed by atoms with Gasteiger partial charge in [-0.25, -0.2) is 42.3 Å². The van der Waals surface area contributed by atoms with Crippen LogP contribution in [0.15, 0.2) is 76.5 Å². The van der Waals surface area contributed by atoms with Crippen molar-refractivity contribution in [3.63, 3.8) is 0 Å². The monoisotopic (exact) mass is 1450 g/mol. The summed E-state index contributed by atoms with van der Waals surface area (Å²) in [5.74, 6) is 0. The third-order valence-electron chi connectivity index (χ3n) is 14.0. The number of ether oxygens (including phenoxy) is 11. The van der Waals surface area contributed by atoms with E-state index in [-0.39, 0.29) is 88.6 Å². The smallest absolute Gasteiger partial charge is 0.431 e. The summed E-state index contributed by atoms with van der Waals surface area (Å²) in [7, 11) is -4.13. The zero-order valence-corrected chi connectivity index (χ0v) is 58.6. The number of benzene rings is 1. The molecule has 1 aromatic carbocycles. The number of alkyl halides is 2. The van der Waals surface area contributed by atoms with E-state index in [2.05, 4.69) is 0 Å². The van der Waals surface area contributed by atoms with Gasteiger partial charge in [-0.3, -0.25) is 46.0 Å². The maximum absolute atomic E-state index is 13.4. The van der Waals surface area contributed by atoms with Gasteiger partial charge in [0.15, 0.2) is 0 Å². The van der Waals surface area contributed by atoms with E-state index >= 15 is 0 Å². The third kappa shape index (κ3) is 24.9. The summed E-state index contributed by atoms with van der Waals surface area (Å²) in [4.78, 5) is 124. The molecular formula is C65H98F2N6O26S. The maximum Gasteiger partial charge on any atom is 0.509 e. The van der Waals surface area contributed by atoms with Gasteiger partial charge in [-0.2, -0.15) is 8.42 Å². The Morgan fingerprint density at radius 2 is 0.830 bits per heavy atom. The highest BCUT2D eigenvalue weighted by molar-refractivity contribution is 7.86. The summed E-state index contributed by atoms with van der Waals surface area (Å²) >= 11 is 0. The van der Waals surface area contributed by atoms with Gasteiger partial charge in [-0.05, 0) is 123 Å². The summed E-state index contributed by atoms with van der Waals surface area (Å²) in [5, 5.41) is 18.7. The molecule has 564 valence electrons. The minimum Gasteiger partial charge on any atom is -0.431 e. The number of hydrogen-bond acceptors (Lipinski definition) is 26. The molecule has 3 aliphatic rings. The average molecular weight is 1450 g/mol. The maximum atomic E-state index is 13.4. The molecule has 3 aromatic heterocycles. The number of rotatable bonds is 19. The molecule has 0 radical (unpaired) electrons. The van der Waals surface area contributed by atoms with Crippen LogP contribution >= 0.6 is 0 Å². The third-order valence-corrected chi connectivity index (χ3v) is 15.4. The van der Waals surface area contributed by atoms with Crippen molar-refractivity contribution in [2.45, 2.75) is 247 Å². The van der Waals surface area contributed by atoms with E-state index in [0.29, 0.717) is 0 Å². The van der Waals surface area contributed by atoms with Crippen LogP contribution in [0.2, 0.25) is 0 Å². The lowest BCUT2D eigenvalue weighted by Crippen LogP contribution is -2.43. The quantitative estimate of drug-likeness (QED) is 0.0564. The van der Waals surface area contributed by atoms with E-state index in [4.69, 9.17) is 61.4 Å². The van der Waals surface area contributed by atoms with Crippen molar-refractivity contribution in [1.82, 2.24) is 27.4 Å². The molecule has 35 heteroatoms. The Hall–Kier alpha value is -8.09. The topological polar surface area (TPSA) is 386 Å². The van der Waals surface area contributed by atoms with Crippen molar-refractivity contribution in [3.05, 3.63) is 128 Å². The van der Waals surface area contributed by atoms with Gasteiger partial charge in [0.25, 0.3) is 26.8 Å². The molecule has 0 spiro atoms. The Morgan fingerprint density at radius 3 is 1.15 bits per heavy atom. The van der Waals surface area contributed by atoms with Crippen LogP contribution in [0, 0.1) is 27.7 Å². The van der Waals surface area contributed by atoms with Crippen molar-refractivity contribution >= 4 is 34.7 Å². The van der Waals surface area contributed by atoms with Gasteiger partial charge in [0.1, 0.15) is 98.2 Å². The predicted molar refractivity (Wildman–Crippen MR) is 354 cm³/mol. The molecule has 9 atom stereocenters. The first-order chi connectivity index (χ1) is 45.4. The molecule has 0 bridgehead atoms. The molecule has 0 saturated carbocycles. The Bertz CT molecular complexity index is 3930. The second-order valence-electron chi connectivity index (χ2n) is 27.0. The van der Waals surface area contributed by atoms with Gasteiger partial charge < -0.3 is 62.3 Å². The summed E-state index contributed by atoms with van der Waals surface area (Å²) in [6.45, 7) is 21.9. The highest BCUT2D eigenvalue weighted by Crippen LogP contribution is 2.33. The fraction of sp³-hybridized carbons (Fsp3) is 0.662. The molecule has 0 aliphatic carbocycles. The zero-order valence-electron chi connectivity index (χ0n) is 57.8. The molecule has 3 fully saturated rings. The van der Waals surface area contributed by atoms with Gasteiger partial charge in [-0.15, -0.1) is 0 Å². The van der Waals surface area contributed by atoms with Crippen LogP contribution in [0.4, 0.5) is 28.0 Å². The van der Waals surface area contributed by atoms with Crippen LogP contribution in [-0.4, -0.2) is 169 Å². The van der Waals surface area contributed by atoms with Gasteiger partial charge in [-0.1, -0.05) is 32.5 Å². The molecule has 0 unspecified atom stereocenters. The van der Waals surface area contributed by atoms with Crippen LogP contribution in [-0.2, 0) is 86.0 Å². The fourth-order valence-electron chi connectivity index (χ4n) is 9.66. The van der Waals surface area contributed by atoms with Crippen molar-refractivity contribution in [3.8, 4) is 0 Å².